The molecule has 0 aliphatic carbocycles. The molecular formula is C12H16N6O. The van der Waals surface area contributed by atoms with Gasteiger partial charge in [-0.3, -0.25) is 4.79 Å². The highest BCUT2D eigenvalue weighted by molar-refractivity contribution is 5.80. The topological polar surface area (TPSA) is 77.6 Å². The first-order valence-electron chi connectivity index (χ1n) is 6.38. The van der Waals surface area contributed by atoms with Crippen molar-refractivity contribution in [1.82, 2.24) is 29.6 Å². The van der Waals surface area contributed by atoms with E-state index in [-0.39, 0.29) is 18.0 Å². The zero-order chi connectivity index (χ0) is 13.2. The number of hydrogen-bond donors (Lipinski definition) is 1. The first-order valence-corrected chi connectivity index (χ1v) is 6.38. The molecule has 7 nitrogen and oxygen atoms in total. The highest BCUT2D eigenvalue weighted by Crippen LogP contribution is 2.14. The van der Waals surface area contributed by atoms with Crippen LogP contribution in [0.25, 0.3) is 0 Å². The van der Waals surface area contributed by atoms with Gasteiger partial charge in [-0.15, -0.1) is 0 Å². The molecule has 0 unspecified atom stereocenters. The molecule has 0 radical (unpaired) electrons. The van der Waals surface area contributed by atoms with E-state index in [0.29, 0.717) is 0 Å². The molecule has 1 N–H and O–H groups in total. The lowest BCUT2D eigenvalue weighted by Gasteiger charge is -2.26. The lowest BCUT2D eigenvalue weighted by Crippen LogP contribution is -2.43. The number of carbonyl (C=O) groups is 1. The van der Waals surface area contributed by atoms with Crippen LogP contribution in [0, 0.1) is 0 Å². The zero-order valence-electron chi connectivity index (χ0n) is 10.7. The molecule has 0 saturated carbocycles. The van der Waals surface area contributed by atoms with Crippen molar-refractivity contribution in [3.8, 4) is 0 Å². The van der Waals surface area contributed by atoms with Crippen molar-refractivity contribution >= 4 is 5.91 Å². The van der Waals surface area contributed by atoms with Crippen molar-refractivity contribution in [1.29, 1.82) is 0 Å². The fourth-order valence-electron chi connectivity index (χ4n) is 2.34. The Balaban J connectivity index is 1.62. The van der Waals surface area contributed by atoms with E-state index in [4.69, 9.17) is 0 Å². The summed E-state index contributed by atoms with van der Waals surface area (Å²) in [5.41, 5.74) is 0. The van der Waals surface area contributed by atoms with E-state index < -0.39 is 0 Å². The highest BCUT2D eigenvalue weighted by atomic mass is 16.2. The van der Waals surface area contributed by atoms with Gasteiger partial charge in [0, 0.05) is 31.4 Å². The van der Waals surface area contributed by atoms with Crippen LogP contribution in [0.1, 0.15) is 25.2 Å². The molecular weight excluding hydrogens is 244 g/mol. The molecule has 0 aromatic carbocycles. The lowest BCUT2D eigenvalue weighted by molar-refractivity contribution is -0.125. The van der Waals surface area contributed by atoms with Gasteiger partial charge < -0.3 is 9.88 Å². The lowest BCUT2D eigenvalue weighted by atomic mass is 10.1. The number of hydrogen-bond acceptors (Lipinski definition) is 4. The van der Waals surface area contributed by atoms with Gasteiger partial charge in [0.25, 0.3) is 0 Å². The molecule has 0 bridgehead atoms. The molecule has 2 aromatic rings. The molecule has 1 aliphatic rings. The molecule has 2 atom stereocenters. The first kappa shape index (κ1) is 11.9. The van der Waals surface area contributed by atoms with E-state index in [1.807, 2.05) is 13.1 Å². The number of aryl methyl sites for hydroxylation is 1. The third-order valence-electron chi connectivity index (χ3n) is 3.49. The monoisotopic (exact) mass is 260 g/mol. The van der Waals surface area contributed by atoms with Crippen molar-refractivity contribution in [2.45, 2.75) is 38.4 Å². The number of aromatic nitrogens is 5. The molecule has 0 saturated heterocycles. The van der Waals surface area contributed by atoms with E-state index in [1.54, 1.807) is 17.2 Å². The van der Waals surface area contributed by atoms with Crippen LogP contribution in [-0.4, -0.2) is 36.3 Å². The Morgan fingerprint density at radius 3 is 3.26 bits per heavy atom. The number of rotatable bonds is 3. The average Bonchev–Trinajstić information content (AvgIpc) is 3.08. The van der Waals surface area contributed by atoms with E-state index in [0.717, 1.165) is 25.2 Å². The summed E-state index contributed by atoms with van der Waals surface area (Å²) in [6.07, 6.45) is 8.57. The van der Waals surface area contributed by atoms with Gasteiger partial charge in [-0.05, 0) is 13.3 Å². The zero-order valence-corrected chi connectivity index (χ0v) is 10.7. The fourth-order valence-corrected chi connectivity index (χ4v) is 2.34. The summed E-state index contributed by atoms with van der Waals surface area (Å²) in [4.78, 5) is 20.3. The Hall–Kier alpha value is -2.18. The molecule has 2 aromatic heterocycles. The SMILES string of the molecule is C[C@H](C(=O)N[C@@H]1CCc2nccn2C1)n1cncn1. The van der Waals surface area contributed by atoms with Crippen molar-refractivity contribution in [3.63, 3.8) is 0 Å². The second-order valence-corrected chi connectivity index (χ2v) is 4.79. The Morgan fingerprint density at radius 1 is 1.58 bits per heavy atom. The number of nitrogens with one attached hydrogen (secondary N) is 1. The quantitative estimate of drug-likeness (QED) is 0.853. The molecule has 3 rings (SSSR count). The third-order valence-corrected chi connectivity index (χ3v) is 3.49. The van der Waals surface area contributed by atoms with Crippen LogP contribution in [0.4, 0.5) is 0 Å². The predicted octanol–water partition coefficient (Wildman–Crippen LogP) is 0.167. The van der Waals surface area contributed by atoms with E-state index in [2.05, 4.69) is 25.0 Å². The molecule has 0 spiro atoms. The molecule has 3 heterocycles. The fraction of sp³-hybridized carbons (Fsp3) is 0.500. The summed E-state index contributed by atoms with van der Waals surface area (Å²) in [6.45, 7) is 2.60. The third kappa shape index (κ3) is 2.35. The van der Waals surface area contributed by atoms with Gasteiger partial charge in [-0.25, -0.2) is 14.6 Å². The van der Waals surface area contributed by atoms with Gasteiger partial charge >= 0.3 is 0 Å². The summed E-state index contributed by atoms with van der Waals surface area (Å²) >= 11 is 0. The standard InChI is InChI=1S/C12H16N6O/c1-9(18-8-13-7-15-18)12(19)16-10-2-3-11-14-4-5-17(11)6-10/h4-5,7-10H,2-3,6H2,1H3,(H,16,19)/t9-,10-/m1/s1. The molecule has 1 amide bonds. The Kier molecular flexibility index (Phi) is 3.02. The van der Waals surface area contributed by atoms with Gasteiger partial charge in [0.15, 0.2) is 0 Å². The minimum absolute atomic E-state index is 0.0286. The van der Waals surface area contributed by atoms with Gasteiger partial charge in [-0.2, -0.15) is 5.10 Å². The van der Waals surface area contributed by atoms with Crippen molar-refractivity contribution in [2.24, 2.45) is 0 Å². The summed E-state index contributed by atoms with van der Waals surface area (Å²) in [5.74, 6) is 1.06. The molecule has 19 heavy (non-hydrogen) atoms. The number of imidazole rings is 1. The van der Waals surface area contributed by atoms with Crippen molar-refractivity contribution in [3.05, 3.63) is 30.9 Å². The number of fused-ring (bicyclic) bond motifs is 1. The van der Waals surface area contributed by atoms with Gasteiger partial charge in [0.05, 0.1) is 0 Å². The minimum atomic E-state index is -0.341. The number of amides is 1. The summed E-state index contributed by atoms with van der Waals surface area (Å²) in [6, 6.07) is -0.188. The van der Waals surface area contributed by atoms with E-state index >= 15 is 0 Å². The number of nitrogens with zero attached hydrogens (tertiary/aromatic N) is 5. The van der Waals surface area contributed by atoms with Crippen LogP contribution < -0.4 is 5.32 Å². The summed E-state index contributed by atoms with van der Waals surface area (Å²) in [7, 11) is 0. The van der Waals surface area contributed by atoms with Crippen molar-refractivity contribution < 1.29 is 4.79 Å². The number of carbonyl (C=O) groups excluding carboxylic acids is 1. The van der Waals surface area contributed by atoms with Crippen molar-refractivity contribution in [2.75, 3.05) is 0 Å². The molecule has 1 aliphatic heterocycles. The van der Waals surface area contributed by atoms with Crippen LogP contribution in [-0.2, 0) is 17.8 Å². The molecule has 0 fully saturated rings. The average molecular weight is 260 g/mol. The maximum Gasteiger partial charge on any atom is 0.244 e. The minimum Gasteiger partial charge on any atom is -0.350 e. The van der Waals surface area contributed by atoms with Gasteiger partial charge in [0.1, 0.15) is 24.5 Å². The van der Waals surface area contributed by atoms with Crippen LogP contribution in [0.15, 0.2) is 25.0 Å². The van der Waals surface area contributed by atoms with Crippen LogP contribution in [0.5, 0.6) is 0 Å². The van der Waals surface area contributed by atoms with Gasteiger partial charge in [0.2, 0.25) is 5.91 Å². The molecule has 7 heteroatoms. The summed E-state index contributed by atoms with van der Waals surface area (Å²) in [5, 5.41) is 7.05. The van der Waals surface area contributed by atoms with Crippen LogP contribution >= 0.6 is 0 Å². The Bertz CT molecular complexity index is 561. The van der Waals surface area contributed by atoms with Crippen LogP contribution in [0.3, 0.4) is 0 Å². The first-order chi connectivity index (χ1) is 9.24. The second kappa shape index (κ2) is 4.83. The summed E-state index contributed by atoms with van der Waals surface area (Å²) < 4.78 is 3.65. The maximum absolute atomic E-state index is 12.1. The predicted molar refractivity (Wildman–Crippen MR) is 67.2 cm³/mol. The maximum atomic E-state index is 12.1. The largest absolute Gasteiger partial charge is 0.350 e. The van der Waals surface area contributed by atoms with E-state index in [9.17, 15) is 4.79 Å². The van der Waals surface area contributed by atoms with E-state index in [1.165, 1.54) is 6.33 Å². The Morgan fingerprint density at radius 2 is 2.47 bits per heavy atom. The smallest absolute Gasteiger partial charge is 0.244 e. The molecule has 100 valence electrons. The Labute approximate surface area is 110 Å². The highest BCUT2D eigenvalue weighted by Gasteiger charge is 2.23. The van der Waals surface area contributed by atoms with Crippen LogP contribution in [0.2, 0.25) is 0 Å². The normalized spacial score (nSPS) is 19.7. The van der Waals surface area contributed by atoms with Gasteiger partial charge in [-0.1, -0.05) is 0 Å². The second-order valence-electron chi connectivity index (χ2n) is 4.79.